The smallest absolute Gasteiger partial charge is 0.337 e. The van der Waals surface area contributed by atoms with Gasteiger partial charge in [-0.3, -0.25) is 4.79 Å². The van der Waals surface area contributed by atoms with Gasteiger partial charge in [-0.05, 0) is 29.9 Å². The molecule has 1 aromatic rings. The molecule has 1 saturated heterocycles. The summed E-state index contributed by atoms with van der Waals surface area (Å²) in [6.45, 7) is 0.421. The van der Waals surface area contributed by atoms with Gasteiger partial charge in [-0.1, -0.05) is 0 Å². The van der Waals surface area contributed by atoms with E-state index in [2.05, 4.69) is 17.4 Å². The summed E-state index contributed by atoms with van der Waals surface area (Å²) in [5.74, 6) is -0.558. The van der Waals surface area contributed by atoms with Gasteiger partial charge < -0.3 is 9.64 Å². The maximum Gasteiger partial charge on any atom is 0.337 e. The average molecular weight is 283 g/mol. The largest absolute Gasteiger partial charge is 0.465 e. The molecule has 102 valence electrons. The predicted molar refractivity (Wildman–Crippen MR) is 72.1 cm³/mol. The van der Waals surface area contributed by atoms with E-state index in [4.69, 9.17) is 0 Å². The molecule has 6 heteroatoms. The second kappa shape index (κ2) is 5.61. The Balaban J connectivity index is 2.34. The van der Waals surface area contributed by atoms with Crippen molar-refractivity contribution in [2.24, 2.45) is 5.92 Å². The van der Waals surface area contributed by atoms with Crippen LogP contribution < -0.4 is 4.90 Å². The highest BCUT2D eigenvalue weighted by atomic mass is 32.1. The minimum absolute atomic E-state index is 0.108. The maximum atomic E-state index is 13.8. The Labute approximate surface area is 115 Å². The molecule has 1 aromatic carbocycles. The van der Waals surface area contributed by atoms with Crippen molar-refractivity contribution in [3.05, 3.63) is 29.6 Å². The van der Waals surface area contributed by atoms with Crippen molar-refractivity contribution < 1.29 is 18.7 Å². The number of anilines is 1. The van der Waals surface area contributed by atoms with E-state index in [1.54, 1.807) is 0 Å². The summed E-state index contributed by atoms with van der Waals surface area (Å²) in [7, 11) is 1.25. The fourth-order valence-corrected chi connectivity index (χ4v) is 2.35. The minimum Gasteiger partial charge on any atom is -0.465 e. The molecular weight excluding hydrogens is 269 g/mol. The Hall–Kier alpha value is -1.56. The van der Waals surface area contributed by atoms with Crippen LogP contribution in [0.5, 0.6) is 0 Å². The molecule has 0 aromatic heterocycles. The molecule has 1 heterocycles. The number of ether oxygens (including phenoxy) is 1. The van der Waals surface area contributed by atoms with Gasteiger partial charge in [0, 0.05) is 13.0 Å². The molecule has 1 atom stereocenters. The highest BCUT2D eigenvalue weighted by Crippen LogP contribution is 2.28. The molecule has 1 fully saturated rings. The Morgan fingerprint density at radius 3 is 2.89 bits per heavy atom. The lowest BCUT2D eigenvalue weighted by atomic mass is 10.1. The lowest BCUT2D eigenvalue weighted by Gasteiger charge is -2.18. The van der Waals surface area contributed by atoms with E-state index >= 15 is 0 Å². The van der Waals surface area contributed by atoms with E-state index < -0.39 is 11.8 Å². The zero-order valence-electron chi connectivity index (χ0n) is 10.4. The highest BCUT2D eigenvalue weighted by Gasteiger charge is 2.31. The summed E-state index contributed by atoms with van der Waals surface area (Å²) in [6.07, 6.45) is 0.353. The van der Waals surface area contributed by atoms with Gasteiger partial charge in [0.05, 0.1) is 18.4 Å². The first kappa shape index (κ1) is 13.9. The fourth-order valence-electron chi connectivity index (χ4n) is 2.10. The maximum absolute atomic E-state index is 13.8. The Morgan fingerprint density at radius 2 is 2.32 bits per heavy atom. The molecule has 4 nitrogen and oxygen atoms in total. The summed E-state index contributed by atoms with van der Waals surface area (Å²) in [5, 5.41) is 0. The molecule has 0 radical (unpaired) electrons. The van der Waals surface area contributed by atoms with E-state index in [0.29, 0.717) is 18.7 Å². The summed E-state index contributed by atoms with van der Waals surface area (Å²) in [5.41, 5.74) is 0.346. The molecule has 1 aliphatic rings. The first-order chi connectivity index (χ1) is 9.06. The first-order valence-corrected chi connectivity index (χ1v) is 6.49. The van der Waals surface area contributed by atoms with Gasteiger partial charge in [0.25, 0.3) is 0 Å². The zero-order valence-corrected chi connectivity index (χ0v) is 11.3. The number of benzene rings is 1. The summed E-state index contributed by atoms with van der Waals surface area (Å²) in [4.78, 5) is 24.7. The molecule has 1 amide bonds. The molecule has 1 aliphatic heterocycles. The summed E-state index contributed by atoms with van der Waals surface area (Å²) < 4.78 is 18.4. The lowest BCUT2D eigenvalue weighted by Crippen LogP contribution is -2.26. The summed E-state index contributed by atoms with van der Waals surface area (Å²) >= 11 is 4.16. The van der Waals surface area contributed by atoms with Crippen molar-refractivity contribution in [1.29, 1.82) is 0 Å². The van der Waals surface area contributed by atoms with Crippen LogP contribution in [-0.4, -0.2) is 31.3 Å². The number of carbonyl (C=O) groups excluding carboxylic acids is 2. The number of hydrogen-bond acceptors (Lipinski definition) is 4. The van der Waals surface area contributed by atoms with Crippen molar-refractivity contribution in [2.75, 3.05) is 24.3 Å². The SMILES string of the molecule is COC(=O)c1ccc(F)c(N2CC(CS)CC2=O)c1. The van der Waals surface area contributed by atoms with Crippen molar-refractivity contribution in [3.63, 3.8) is 0 Å². The van der Waals surface area contributed by atoms with Gasteiger partial charge in [-0.25, -0.2) is 9.18 Å². The van der Waals surface area contributed by atoms with Crippen LogP contribution in [0.1, 0.15) is 16.8 Å². The third kappa shape index (κ3) is 2.73. The standard InChI is InChI=1S/C13H14FNO3S/c1-18-13(17)9-2-3-10(14)11(5-9)15-6-8(7-19)4-12(15)16/h2-3,5,8,19H,4,6-7H2,1H3. The number of carbonyl (C=O) groups is 2. The summed E-state index contributed by atoms with van der Waals surface area (Å²) in [6, 6.07) is 3.85. The quantitative estimate of drug-likeness (QED) is 0.681. The normalized spacial score (nSPS) is 18.8. The molecular formula is C13H14FNO3S. The monoisotopic (exact) mass is 283 g/mol. The molecule has 19 heavy (non-hydrogen) atoms. The van der Waals surface area contributed by atoms with Crippen molar-refractivity contribution in [3.8, 4) is 0 Å². The second-order valence-electron chi connectivity index (χ2n) is 4.41. The van der Waals surface area contributed by atoms with Crippen LogP contribution in [0.15, 0.2) is 18.2 Å². The number of halogens is 1. The van der Waals surface area contributed by atoms with E-state index in [1.807, 2.05) is 0 Å². The number of rotatable bonds is 3. The third-order valence-corrected chi connectivity index (χ3v) is 3.64. The van der Waals surface area contributed by atoms with Gasteiger partial charge in [0.15, 0.2) is 0 Å². The van der Waals surface area contributed by atoms with Gasteiger partial charge in [-0.2, -0.15) is 12.6 Å². The van der Waals surface area contributed by atoms with Crippen LogP contribution in [0.2, 0.25) is 0 Å². The van der Waals surface area contributed by atoms with E-state index in [1.165, 1.54) is 30.2 Å². The first-order valence-electron chi connectivity index (χ1n) is 5.86. The molecule has 0 bridgehead atoms. The highest BCUT2D eigenvalue weighted by molar-refractivity contribution is 7.80. The van der Waals surface area contributed by atoms with Crippen LogP contribution in [0.3, 0.4) is 0 Å². The molecule has 0 aliphatic carbocycles. The van der Waals surface area contributed by atoms with E-state index in [0.717, 1.165) is 0 Å². The predicted octanol–water partition coefficient (Wildman–Crippen LogP) is 1.90. The molecule has 2 rings (SSSR count). The van der Waals surface area contributed by atoms with Gasteiger partial charge >= 0.3 is 5.97 Å². The van der Waals surface area contributed by atoms with Crippen molar-refractivity contribution in [2.45, 2.75) is 6.42 Å². The second-order valence-corrected chi connectivity index (χ2v) is 4.78. The molecule has 1 unspecified atom stereocenters. The zero-order chi connectivity index (χ0) is 14.0. The number of hydrogen-bond donors (Lipinski definition) is 1. The number of amides is 1. The minimum atomic E-state index is -0.557. The Kier molecular flexibility index (Phi) is 4.09. The van der Waals surface area contributed by atoms with Crippen molar-refractivity contribution >= 4 is 30.2 Å². The number of esters is 1. The Morgan fingerprint density at radius 1 is 1.58 bits per heavy atom. The topological polar surface area (TPSA) is 46.6 Å². The van der Waals surface area contributed by atoms with Crippen LogP contribution in [-0.2, 0) is 9.53 Å². The fraction of sp³-hybridized carbons (Fsp3) is 0.385. The van der Waals surface area contributed by atoms with Gasteiger partial charge in [0.2, 0.25) is 5.91 Å². The van der Waals surface area contributed by atoms with Gasteiger partial charge in [-0.15, -0.1) is 0 Å². The van der Waals surface area contributed by atoms with Crippen LogP contribution in [0.4, 0.5) is 10.1 Å². The van der Waals surface area contributed by atoms with E-state index in [-0.39, 0.29) is 23.1 Å². The molecule has 0 spiro atoms. The van der Waals surface area contributed by atoms with Crippen LogP contribution in [0.25, 0.3) is 0 Å². The Bertz CT molecular complexity index is 521. The lowest BCUT2D eigenvalue weighted by molar-refractivity contribution is -0.117. The van der Waals surface area contributed by atoms with Crippen molar-refractivity contribution in [1.82, 2.24) is 0 Å². The average Bonchev–Trinajstić information content (AvgIpc) is 2.79. The number of thiol groups is 1. The number of methoxy groups -OCH3 is 1. The molecule has 0 N–H and O–H groups in total. The number of nitrogens with zero attached hydrogens (tertiary/aromatic N) is 1. The molecule has 0 saturated carbocycles. The van der Waals surface area contributed by atoms with Crippen LogP contribution in [0, 0.1) is 11.7 Å². The van der Waals surface area contributed by atoms with Crippen LogP contribution >= 0.6 is 12.6 Å². The van der Waals surface area contributed by atoms with E-state index in [9.17, 15) is 14.0 Å². The third-order valence-electron chi connectivity index (χ3n) is 3.12. The van der Waals surface area contributed by atoms with Gasteiger partial charge in [0.1, 0.15) is 5.82 Å².